The Kier molecular flexibility index (Phi) is 4.81. The number of rotatable bonds is 3. The van der Waals surface area contributed by atoms with Gasteiger partial charge in [0.15, 0.2) is 15.0 Å². The van der Waals surface area contributed by atoms with Crippen LogP contribution in [0.4, 0.5) is 0 Å². The lowest BCUT2D eigenvalue weighted by Crippen LogP contribution is -2.38. The van der Waals surface area contributed by atoms with E-state index in [-0.39, 0.29) is 39.8 Å². The molecule has 1 N–H and O–H groups in total. The molecule has 2 aliphatic heterocycles. The van der Waals surface area contributed by atoms with Gasteiger partial charge in [0.2, 0.25) is 0 Å². The van der Waals surface area contributed by atoms with Gasteiger partial charge in [-0.1, -0.05) is 42.1 Å². The van der Waals surface area contributed by atoms with Gasteiger partial charge in [0, 0.05) is 11.8 Å². The molecule has 2 atom stereocenters. The van der Waals surface area contributed by atoms with Gasteiger partial charge in [0.05, 0.1) is 17.5 Å². The van der Waals surface area contributed by atoms with E-state index in [2.05, 4.69) is 12.1 Å². The Morgan fingerprint density at radius 1 is 1.25 bits per heavy atom. The number of sulfone groups is 1. The van der Waals surface area contributed by atoms with E-state index < -0.39 is 9.84 Å². The van der Waals surface area contributed by atoms with Crippen LogP contribution in [0.5, 0.6) is 0 Å². The molecule has 0 saturated carbocycles. The monoisotopic (exact) mass is 376 g/mol. The number of nitrogens with one attached hydrogen (secondary N) is 1. The molecule has 0 spiro atoms. The van der Waals surface area contributed by atoms with Crippen molar-refractivity contribution in [1.29, 1.82) is 5.41 Å². The van der Waals surface area contributed by atoms with Crippen molar-refractivity contribution < 1.29 is 8.42 Å². The quantitative estimate of drug-likeness (QED) is 0.875. The smallest absolute Gasteiger partial charge is 0.157 e. The Bertz CT molecular complexity index is 592. The molecule has 0 bridgehead atoms. The summed E-state index contributed by atoms with van der Waals surface area (Å²) >= 11 is 1.41. The van der Waals surface area contributed by atoms with Crippen LogP contribution in [0.2, 0.25) is 0 Å². The van der Waals surface area contributed by atoms with Crippen LogP contribution in [0.15, 0.2) is 30.3 Å². The molecule has 2 heterocycles. The van der Waals surface area contributed by atoms with E-state index in [0.29, 0.717) is 5.17 Å². The minimum atomic E-state index is -2.90. The van der Waals surface area contributed by atoms with Gasteiger partial charge >= 0.3 is 0 Å². The van der Waals surface area contributed by atoms with Gasteiger partial charge in [-0.3, -0.25) is 5.41 Å². The topological polar surface area (TPSA) is 61.2 Å². The molecule has 2 saturated heterocycles. The molecular weight excluding hydrogens is 360 g/mol. The molecule has 0 amide bonds. The van der Waals surface area contributed by atoms with Crippen LogP contribution in [0, 0.1) is 5.41 Å². The number of halogens is 1. The average Bonchev–Trinajstić information content (AvgIpc) is 2.79. The summed E-state index contributed by atoms with van der Waals surface area (Å²) in [6.07, 6.45) is 0.854. The van der Waals surface area contributed by atoms with Crippen LogP contribution in [0.25, 0.3) is 0 Å². The fourth-order valence-corrected chi connectivity index (χ4v) is 6.58. The number of thioether (sulfide) groups is 1. The minimum absolute atomic E-state index is 0. The van der Waals surface area contributed by atoms with Gasteiger partial charge in [-0.2, -0.15) is 0 Å². The molecule has 7 heteroatoms. The van der Waals surface area contributed by atoms with Crippen molar-refractivity contribution in [2.24, 2.45) is 0 Å². The van der Waals surface area contributed by atoms with Crippen molar-refractivity contribution in [3.05, 3.63) is 35.9 Å². The lowest BCUT2D eigenvalue weighted by atomic mass is 10.1. The first kappa shape index (κ1) is 15.9. The lowest BCUT2D eigenvalue weighted by Gasteiger charge is -2.23. The van der Waals surface area contributed by atoms with Gasteiger partial charge < -0.3 is 4.90 Å². The zero-order valence-corrected chi connectivity index (χ0v) is 14.2. The van der Waals surface area contributed by atoms with E-state index in [0.717, 1.165) is 13.0 Å². The molecule has 0 aliphatic carbocycles. The van der Waals surface area contributed by atoms with E-state index in [9.17, 15) is 8.42 Å². The van der Waals surface area contributed by atoms with Gasteiger partial charge in [0.25, 0.3) is 0 Å². The normalized spacial score (nSPS) is 27.2. The number of nitrogens with zero attached hydrogens (tertiary/aromatic N) is 1. The summed E-state index contributed by atoms with van der Waals surface area (Å²) in [4.78, 5) is 1.97. The maximum Gasteiger partial charge on any atom is 0.157 e. The van der Waals surface area contributed by atoms with Gasteiger partial charge in [-0.05, 0) is 12.0 Å². The van der Waals surface area contributed by atoms with Crippen LogP contribution in [0.1, 0.15) is 5.56 Å². The molecule has 0 aromatic heterocycles. The average molecular weight is 377 g/mol. The Labute approximate surface area is 134 Å². The fraction of sp³-hybridized carbons (Fsp3) is 0.462. The summed E-state index contributed by atoms with van der Waals surface area (Å²) in [7, 11) is -2.90. The summed E-state index contributed by atoms with van der Waals surface area (Å²) in [6, 6.07) is 10.1. The Hall–Kier alpha value is -0.530. The van der Waals surface area contributed by atoms with Gasteiger partial charge in [0.1, 0.15) is 0 Å². The van der Waals surface area contributed by atoms with E-state index in [1.807, 2.05) is 23.1 Å². The lowest BCUT2D eigenvalue weighted by molar-refractivity contribution is 0.359. The maximum absolute atomic E-state index is 11.7. The van der Waals surface area contributed by atoms with Crippen LogP contribution in [-0.4, -0.2) is 47.8 Å². The second kappa shape index (κ2) is 6.07. The number of hydrogen-bond acceptors (Lipinski definition) is 4. The summed E-state index contributed by atoms with van der Waals surface area (Å²) in [6.45, 7) is 0.729. The predicted octanol–water partition coefficient (Wildman–Crippen LogP) is 1.96. The van der Waals surface area contributed by atoms with Crippen LogP contribution < -0.4 is 0 Å². The zero-order valence-electron chi connectivity index (χ0n) is 10.9. The fourth-order valence-electron chi connectivity index (χ4n) is 2.72. The van der Waals surface area contributed by atoms with Gasteiger partial charge in [-0.25, -0.2) is 8.42 Å². The first-order chi connectivity index (χ1) is 9.05. The van der Waals surface area contributed by atoms with Crippen molar-refractivity contribution in [2.75, 3.05) is 18.1 Å². The molecule has 3 rings (SSSR count). The third kappa shape index (κ3) is 3.20. The van der Waals surface area contributed by atoms with Crippen LogP contribution in [0.3, 0.4) is 0 Å². The second-order valence-electron chi connectivity index (χ2n) is 5.03. The molecule has 2 aliphatic rings. The largest absolute Gasteiger partial charge is 0.346 e. The highest BCUT2D eigenvalue weighted by molar-refractivity contribution is 8.93. The first-order valence-corrected chi connectivity index (χ1v) is 9.01. The van der Waals surface area contributed by atoms with Crippen molar-refractivity contribution in [3.8, 4) is 0 Å². The summed E-state index contributed by atoms with van der Waals surface area (Å²) in [5.74, 6) is 0.439. The maximum atomic E-state index is 11.7. The third-order valence-electron chi connectivity index (χ3n) is 3.68. The summed E-state index contributed by atoms with van der Waals surface area (Å²) < 4.78 is 23.3. The van der Waals surface area contributed by atoms with Crippen LogP contribution in [-0.2, 0) is 16.3 Å². The van der Waals surface area contributed by atoms with E-state index >= 15 is 0 Å². The standard InChI is InChI=1S/C13H16N2O2S2.BrH/c14-13-15(7-6-10-4-2-1-3-5-10)11-8-19(16,17)9-12(11)18-13;/h1-5,11-12,14H,6-9H2;1H. The molecular formula is C13H17BrN2O2S2. The van der Waals surface area contributed by atoms with Crippen molar-refractivity contribution >= 4 is 43.7 Å². The Morgan fingerprint density at radius 3 is 2.65 bits per heavy atom. The number of amidine groups is 1. The highest BCUT2D eigenvalue weighted by atomic mass is 79.9. The first-order valence-electron chi connectivity index (χ1n) is 6.31. The molecule has 1 aromatic carbocycles. The zero-order chi connectivity index (χ0) is 13.5. The Balaban J connectivity index is 0.00000147. The predicted molar refractivity (Wildman–Crippen MR) is 88.7 cm³/mol. The number of fused-ring (bicyclic) bond motifs is 1. The Morgan fingerprint density at radius 2 is 1.95 bits per heavy atom. The van der Waals surface area contributed by atoms with Gasteiger partial charge in [-0.15, -0.1) is 17.0 Å². The highest BCUT2D eigenvalue weighted by Crippen LogP contribution is 2.37. The summed E-state index contributed by atoms with van der Waals surface area (Å²) in [5.41, 5.74) is 1.23. The molecule has 1 aromatic rings. The molecule has 4 nitrogen and oxygen atoms in total. The number of benzene rings is 1. The minimum Gasteiger partial charge on any atom is -0.346 e. The third-order valence-corrected chi connectivity index (χ3v) is 6.85. The number of hydrogen-bond donors (Lipinski definition) is 1. The summed E-state index contributed by atoms with van der Waals surface area (Å²) in [5, 5.41) is 8.58. The van der Waals surface area contributed by atoms with Crippen molar-refractivity contribution in [2.45, 2.75) is 17.7 Å². The van der Waals surface area contributed by atoms with E-state index in [1.54, 1.807) is 0 Å². The SMILES string of the molecule is Br.N=C1SC2CS(=O)(=O)CC2N1CCc1ccccc1. The molecule has 0 radical (unpaired) electrons. The second-order valence-corrected chi connectivity index (χ2v) is 8.42. The van der Waals surface area contributed by atoms with Crippen molar-refractivity contribution in [3.63, 3.8) is 0 Å². The van der Waals surface area contributed by atoms with Crippen LogP contribution >= 0.6 is 28.7 Å². The van der Waals surface area contributed by atoms with Crippen molar-refractivity contribution in [1.82, 2.24) is 4.90 Å². The molecule has 110 valence electrons. The molecule has 20 heavy (non-hydrogen) atoms. The highest BCUT2D eigenvalue weighted by Gasteiger charge is 2.47. The van der Waals surface area contributed by atoms with E-state index in [1.165, 1.54) is 17.3 Å². The molecule has 2 fully saturated rings. The molecule has 2 unspecified atom stereocenters. The van der Waals surface area contributed by atoms with E-state index in [4.69, 9.17) is 5.41 Å².